The number of pyridine rings is 1. The Morgan fingerprint density at radius 1 is 1.13 bits per heavy atom. The maximum Gasteiger partial charge on any atom is 0.251 e. The summed E-state index contributed by atoms with van der Waals surface area (Å²) in [5.41, 5.74) is 9.45. The van der Waals surface area contributed by atoms with Gasteiger partial charge >= 0.3 is 0 Å². The fourth-order valence-corrected chi connectivity index (χ4v) is 3.05. The van der Waals surface area contributed by atoms with Gasteiger partial charge in [-0.05, 0) is 62.3 Å². The Morgan fingerprint density at radius 2 is 1.93 bits per heavy atom. The molecule has 4 N–H and O–H groups in total. The van der Waals surface area contributed by atoms with E-state index < -0.39 is 0 Å². The van der Waals surface area contributed by atoms with Crippen molar-refractivity contribution in [3.63, 3.8) is 0 Å². The molecule has 3 aromatic rings. The van der Waals surface area contributed by atoms with E-state index in [9.17, 15) is 4.79 Å². The molecule has 0 aliphatic rings. The first kappa shape index (κ1) is 28.2. The molecule has 0 saturated heterocycles. The van der Waals surface area contributed by atoms with Crippen LogP contribution in [0.5, 0.6) is 0 Å². The highest BCUT2D eigenvalue weighted by Crippen LogP contribution is 2.14. The minimum Gasteiger partial charge on any atom is -0.361 e. The number of fused-ring (bicyclic) bond motifs is 1. The quantitative estimate of drug-likeness (QED) is 0.442. The van der Waals surface area contributed by atoms with Crippen molar-refractivity contribution in [2.75, 3.05) is 26.7 Å². The van der Waals surface area contributed by atoms with Crippen molar-refractivity contribution in [2.24, 2.45) is 5.73 Å². The van der Waals surface area contributed by atoms with Crippen LogP contribution in [0.15, 0.2) is 48.8 Å². The van der Waals surface area contributed by atoms with Gasteiger partial charge in [-0.1, -0.05) is 6.07 Å². The molecular weight excluding hydrogens is 445 g/mol. The SMILES string of the molecule is CN(CCCc1ccc(CN)nc1)CCNC(=O)c1ccc2[nH]ccc2c1.Cl.Cl.Cl. The number of halogens is 3. The smallest absolute Gasteiger partial charge is 0.251 e. The number of carbonyl (C=O) groups excluding carboxylic acids is 1. The maximum atomic E-state index is 12.3. The molecule has 166 valence electrons. The van der Waals surface area contributed by atoms with Gasteiger partial charge in [-0.25, -0.2) is 0 Å². The summed E-state index contributed by atoms with van der Waals surface area (Å²) < 4.78 is 0. The fraction of sp³-hybridized carbons (Fsp3) is 0.333. The Hall–Kier alpha value is -1.83. The van der Waals surface area contributed by atoms with E-state index in [1.54, 1.807) is 0 Å². The fourth-order valence-electron chi connectivity index (χ4n) is 3.05. The topological polar surface area (TPSA) is 87.0 Å². The number of aromatic nitrogens is 2. The van der Waals surface area contributed by atoms with Gasteiger partial charge < -0.3 is 20.9 Å². The predicted octanol–water partition coefficient (Wildman–Crippen LogP) is 3.58. The molecule has 0 radical (unpaired) electrons. The maximum absolute atomic E-state index is 12.3. The van der Waals surface area contributed by atoms with E-state index in [2.05, 4.69) is 33.3 Å². The highest BCUT2D eigenvalue weighted by atomic mass is 35.5. The van der Waals surface area contributed by atoms with Gasteiger partial charge in [0.1, 0.15) is 0 Å². The second-order valence-corrected chi connectivity index (χ2v) is 6.80. The average Bonchev–Trinajstić information content (AvgIpc) is 3.16. The predicted molar refractivity (Wildman–Crippen MR) is 130 cm³/mol. The van der Waals surface area contributed by atoms with Gasteiger partial charge in [0, 0.05) is 48.5 Å². The average molecular weight is 475 g/mol. The Morgan fingerprint density at radius 3 is 2.63 bits per heavy atom. The third-order valence-electron chi connectivity index (χ3n) is 4.69. The van der Waals surface area contributed by atoms with Gasteiger partial charge in [-0.2, -0.15) is 0 Å². The summed E-state index contributed by atoms with van der Waals surface area (Å²) in [7, 11) is 2.08. The number of nitrogens with two attached hydrogens (primary N) is 1. The standard InChI is InChI=1S/C21H27N5O.3ClH/c1-26(11-2-3-16-4-6-19(14-22)25-15-16)12-10-24-21(27)18-5-7-20-17(13-18)8-9-23-20;;;/h4-9,13,15,23H,2-3,10-12,14,22H2,1H3,(H,24,27);3*1H. The van der Waals surface area contributed by atoms with Crippen LogP contribution in [-0.4, -0.2) is 47.5 Å². The molecule has 2 heterocycles. The zero-order chi connectivity index (χ0) is 19.1. The molecule has 0 saturated carbocycles. The van der Waals surface area contributed by atoms with Crippen molar-refractivity contribution >= 4 is 54.0 Å². The molecule has 0 unspecified atom stereocenters. The van der Waals surface area contributed by atoms with Crippen LogP contribution < -0.4 is 11.1 Å². The summed E-state index contributed by atoms with van der Waals surface area (Å²) >= 11 is 0. The number of hydrogen-bond acceptors (Lipinski definition) is 4. The van der Waals surface area contributed by atoms with Crippen molar-refractivity contribution in [1.82, 2.24) is 20.2 Å². The Labute approximate surface area is 196 Å². The lowest BCUT2D eigenvalue weighted by molar-refractivity contribution is 0.0950. The molecule has 1 amide bonds. The van der Waals surface area contributed by atoms with Crippen LogP contribution in [0.1, 0.15) is 28.0 Å². The number of aryl methyl sites for hydroxylation is 1. The summed E-state index contributed by atoms with van der Waals surface area (Å²) in [5, 5.41) is 4.04. The third kappa shape index (κ3) is 8.13. The van der Waals surface area contributed by atoms with E-state index in [1.807, 2.05) is 42.7 Å². The van der Waals surface area contributed by atoms with Crippen LogP contribution in [0.25, 0.3) is 10.9 Å². The summed E-state index contributed by atoms with van der Waals surface area (Å²) in [4.78, 5) is 22.0. The Bertz CT molecular complexity index is 886. The minimum atomic E-state index is -0.0300. The van der Waals surface area contributed by atoms with Gasteiger partial charge in [-0.15, -0.1) is 37.2 Å². The molecule has 0 aliphatic heterocycles. The number of H-pyrrole nitrogens is 1. The summed E-state index contributed by atoms with van der Waals surface area (Å²) in [6.45, 7) is 2.91. The van der Waals surface area contributed by atoms with Crippen molar-refractivity contribution in [3.8, 4) is 0 Å². The first-order chi connectivity index (χ1) is 13.2. The van der Waals surface area contributed by atoms with Crippen LogP contribution in [-0.2, 0) is 13.0 Å². The van der Waals surface area contributed by atoms with E-state index >= 15 is 0 Å². The molecule has 6 nitrogen and oxygen atoms in total. The van der Waals surface area contributed by atoms with E-state index in [0.717, 1.165) is 42.5 Å². The molecule has 30 heavy (non-hydrogen) atoms. The molecule has 0 fully saturated rings. The van der Waals surface area contributed by atoms with Gasteiger partial charge in [0.25, 0.3) is 5.91 Å². The van der Waals surface area contributed by atoms with E-state index in [4.69, 9.17) is 5.73 Å². The summed E-state index contributed by atoms with van der Waals surface area (Å²) in [6, 6.07) is 11.7. The monoisotopic (exact) mass is 473 g/mol. The second-order valence-electron chi connectivity index (χ2n) is 6.80. The molecular formula is C21H30Cl3N5O. The molecule has 1 aromatic carbocycles. The van der Waals surface area contributed by atoms with Crippen molar-refractivity contribution in [3.05, 3.63) is 65.6 Å². The lowest BCUT2D eigenvalue weighted by Crippen LogP contribution is -2.33. The van der Waals surface area contributed by atoms with E-state index in [-0.39, 0.29) is 43.1 Å². The number of hydrogen-bond donors (Lipinski definition) is 3. The van der Waals surface area contributed by atoms with Gasteiger partial charge in [-0.3, -0.25) is 9.78 Å². The van der Waals surface area contributed by atoms with Gasteiger partial charge in [0.2, 0.25) is 0 Å². The van der Waals surface area contributed by atoms with Crippen molar-refractivity contribution < 1.29 is 4.79 Å². The summed E-state index contributed by atoms with van der Waals surface area (Å²) in [5.74, 6) is -0.0300. The molecule has 0 bridgehead atoms. The number of likely N-dealkylation sites (N-methyl/N-ethyl adjacent to an activating group) is 1. The van der Waals surface area contributed by atoms with Gasteiger partial charge in [0.05, 0.1) is 5.69 Å². The van der Waals surface area contributed by atoms with E-state index in [0.29, 0.717) is 18.7 Å². The Kier molecular flexibility index (Phi) is 13.4. The number of amides is 1. The number of nitrogens with one attached hydrogen (secondary N) is 2. The first-order valence-electron chi connectivity index (χ1n) is 9.33. The largest absolute Gasteiger partial charge is 0.361 e. The minimum absolute atomic E-state index is 0. The molecule has 0 aliphatic carbocycles. The number of benzene rings is 1. The summed E-state index contributed by atoms with van der Waals surface area (Å²) in [6.07, 6.45) is 5.83. The van der Waals surface area contributed by atoms with Crippen molar-refractivity contribution in [2.45, 2.75) is 19.4 Å². The molecule has 2 aromatic heterocycles. The lowest BCUT2D eigenvalue weighted by Gasteiger charge is -2.17. The second kappa shape index (κ2) is 14.2. The van der Waals surface area contributed by atoms with Crippen LogP contribution in [0.2, 0.25) is 0 Å². The molecule has 3 rings (SSSR count). The number of rotatable bonds is 9. The Balaban J connectivity index is 0.00000280. The normalized spacial score (nSPS) is 10.1. The number of aromatic amines is 1. The molecule has 0 spiro atoms. The first-order valence-corrected chi connectivity index (χ1v) is 9.33. The van der Waals surface area contributed by atoms with Crippen LogP contribution >= 0.6 is 37.2 Å². The number of nitrogens with zero attached hydrogens (tertiary/aromatic N) is 2. The highest BCUT2D eigenvalue weighted by molar-refractivity contribution is 5.98. The molecule has 0 atom stereocenters. The van der Waals surface area contributed by atoms with Crippen LogP contribution in [0, 0.1) is 0 Å². The van der Waals surface area contributed by atoms with Crippen molar-refractivity contribution in [1.29, 1.82) is 0 Å². The van der Waals surface area contributed by atoms with E-state index in [1.165, 1.54) is 5.56 Å². The van der Waals surface area contributed by atoms with Crippen LogP contribution in [0.4, 0.5) is 0 Å². The number of carbonyl (C=O) groups is 1. The zero-order valence-corrected chi connectivity index (χ0v) is 19.4. The lowest BCUT2D eigenvalue weighted by atomic mass is 10.1. The van der Waals surface area contributed by atoms with Crippen LogP contribution in [0.3, 0.4) is 0 Å². The third-order valence-corrected chi connectivity index (χ3v) is 4.69. The molecule has 9 heteroatoms. The highest BCUT2D eigenvalue weighted by Gasteiger charge is 2.07. The van der Waals surface area contributed by atoms with Gasteiger partial charge in [0.15, 0.2) is 0 Å². The zero-order valence-electron chi connectivity index (χ0n) is 17.0.